The lowest BCUT2D eigenvalue weighted by Gasteiger charge is -2.32. The zero-order valence-corrected chi connectivity index (χ0v) is 22.5. The molecule has 1 amide bonds. The number of halogens is 1. The number of nitrogens with zero attached hydrogens (tertiary/aromatic N) is 2. The molecule has 0 aliphatic carbocycles. The van der Waals surface area contributed by atoms with Crippen LogP contribution in [-0.2, 0) is 14.8 Å². The summed E-state index contributed by atoms with van der Waals surface area (Å²) in [5.74, 6) is -0.230. The van der Waals surface area contributed by atoms with Crippen LogP contribution in [0.1, 0.15) is 21.9 Å². The zero-order valence-electron chi connectivity index (χ0n) is 20.9. The van der Waals surface area contributed by atoms with E-state index >= 15 is 0 Å². The lowest BCUT2D eigenvalue weighted by atomic mass is 10.1. The van der Waals surface area contributed by atoms with Gasteiger partial charge in [0.2, 0.25) is 10.0 Å². The highest BCUT2D eigenvalue weighted by Gasteiger charge is 2.36. The molecule has 9 nitrogen and oxygen atoms in total. The normalized spacial score (nSPS) is 16.6. The third-order valence-corrected chi connectivity index (χ3v) is 8.55. The smallest absolute Gasteiger partial charge is 0.266 e. The molecule has 0 unspecified atom stereocenters. The third-order valence-electron chi connectivity index (χ3n) is 6.36. The van der Waals surface area contributed by atoms with E-state index in [4.69, 9.17) is 26.8 Å². The maximum atomic E-state index is 13.7. The van der Waals surface area contributed by atoms with Gasteiger partial charge < -0.3 is 20.2 Å². The first-order valence-corrected chi connectivity index (χ1v) is 13.8. The maximum Gasteiger partial charge on any atom is 0.266 e. The van der Waals surface area contributed by atoms with Gasteiger partial charge in [-0.3, -0.25) is 9.78 Å². The van der Waals surface area contributed by atoms with Crippen LogP contribution in [0.25, 0.3) is 22.0 Å². The molecule has 2 aromatic heterocycles. The van der Waals surface area contributed by atoms with Crippen molar-refractivity contribution < 1.29 is 22.7 Å². The average Bonchev–Trinajstić information content (AvgIpc) is 3.27. The number of rotatable bonds is 7. The Morgan fingerprint density at radius 3 is 2.53 bits per heavy atom. The number of benzene rings is 2. The van der Waals surface area contributed by atoms with E-state index < -0.39 is 22.0 Å². The van der Waals surface area contributed by atoms with Crippen molar-refractivity contribution in [2.75, 3.05) is 26.3 Å². The number of aryl methyl sites for hydroxylation is 2. The number of nitrogens with one attached hydrogen (secondary N) is 1. The first-order chi connectivity index (χ1) is 18.1. The summed E-state index contributed by atoms with van der Waals surface area (Å²) in [6.07, 6.45) is -0.505. The Bertz CT molecular complexity index is 1600. The van der Waals surface area contributed by atoms with Gasteiger partial charge in [0.25, 0.3) is 5.91 Å². The predicted octanol–water partition coefficient (Wildman–Crippen LogP) is 4.07. The lowest BCUT2D eigenvalue weighted by Crippen LogP contribution is -2.47. The monoisotopic (exact) mass is 554 g/mol. The van der Waals surface area contributed by atoms with Gasteiger partial charge in [-0.2, -0.15) is 4.31 Å². The Hall–Kier alpha value is -3.44. The number of nitrogens with two attached hydrogens (primary N) is 1. The van der Waals surface area contributed by atoms with Gasteiger partial charge in [0.15, 0.2) is 0 Å². The number of morpholine rings is 1. The van der Waals surface area contributed by atoms with E-state index in [0.29, 0.717) is 21.7 Å². The summed E-state index contributed by atoms with van der Waals surface area (Å²) < 4.78 is 40.4. The Morgan fingerprint density at radius 2 is 1.84 bits per heavy atom. The van der Waals surface area contributed by atoms with Crippen molar-refractivity contribution in [1.82, 2.24) is 14.3 Å². The minimum Gasteiger partial charge on any atom is -0.491 e. The molecule has 0 bridgehead atoms. The van der Waals surface area contributed by atoms with Crippen molar-refractivity contribution in [2.45, 2.75) is 24.8 Å². The number of amides is 1. The highest BCUT2D eigenvalue weighted by atomic mass is 35.5. The molecule has 1 fully saturated rings. The molecule has 2 aromatic carbocycles. The molecule has 3 N–H and O–H groups in total. The average molecular weight is 555 g/mol. The molecule has 38 heavy (non-hydrogen) atoms. The molecule has 3 heterocycles. The fourth-order valence-corrected chi connectivity index (χ4v) is 6.62. The topological polar surface area (TPSA) is 128 Å². The summed E-state index contributed by atoms with van der Waals surface area (Å²) in [5.41, 5.74) is 9.81. The molecule has 1 saturated heterocycles. The Kier molecular flexibility index (Phi) is 7.15. The zero-order chi connectivity index (χ0) is 27.0. The summed E-state index contributed by atoms with van der Waals surface area (Å²) in [6.45, 7) is 4.45. The van der Waals surface area contributed by atoms with Crippen molar-refractivity contribution in [3.05, 3.63) is 76.7 Å². The standard InChI is InChI=1S/C27H27ClN4O5S/c1-16-11-19(12-17(2)30-16)18-3-6-21(7-4-18)37-15-22-14-32(9-10-36-22)38(34,35)26-23-13-20(28)5-8-24(23)31-25(26)27(29)33/h3-8,11-13,22,31H,9-10,14-15H2,1-2H3,(H2,29,33)/t22-/m0/s1. The van der Waals surface area contributed by atoms with Crippen molar-refractivity contribution >= 4 is 38.4 Å². The summed E-state index contributed by atoms with van der Waals surface area (Å²) in [5, 5.41) is 0.655. The first kappa shape index (κ1) is 26.2. The second-order valence-corrected chi connectivity index (χ2v) is 11.5. The van der Waals surface area contributed by atoms with Gasteiger partial charge in [-0.1, -0.05) is 23.7 Å². The van der Waals surface area contributed by atoms with E-state index in [-0.39, 0.29) is 36.9 Å². The van der Waals surface area contributed by atoms with Crippen molar-refractivity contribution in [3.63, 3.8) is 0 Å². The number of carbonyl (C=O) groups is 1. The summed E-state index contributed by atoms with van der Waals surface area (Å²) in [7, 11) is -4.10. The second-order valence-electron chi connectivity index (χ2n) is 9.21. The Labute approximate surface area is 225 Å². The third kappa shape index (κ3) is 5.25. The van der Waals surface area contributed by atoms with Crippen LogP contribution in [0.4, 0.5) is 0 Å². The molecule has 1 atom stereocenters. The van der Waals surface area contributed by atoms with E-state index in [2.05, 4.69) is 9.97 Å². The molecule has 11 heteroatoms. The molecule has 4 aromatic rings. The lowest BCUT2D eigenvalue weighted by molar-refractivity contribution is -0.0249. The minimum absolute atomic E-state index is 0.0570. The van der Waals surface area contributed by atoms with Crippen molar-refractivity contribution in [3.8, 4) is 16.9 Å². The number of H-pyrrole nitrogens is 1. The van der Waals surface area contributed by atoms with Crippen LogP contribution in [-0.4, -0.2) is 61.0 Å². The van der Waals surface area contributed by atoms with Gasteiger partial charge in [0.05, 0.1) is 6.61 Å². The molecule has 1 aliphatic rings. The Morgan fingerprint density at radius 1 is 1.13 bits per heavy atom. The minimum atomic E-state index is -4.10. The quantitative estimate of drug-likeness (QED) is 0.354. The van der Waals surface area contributed by atoms with Crippen LogP contribution in [0.5, 0.6) is 5.75 Å². The number of aromatic nitrogens is 2. The van der Waals surface area contributed by atoms with E-state index in [1.54, 1.807) is 12.1 Å². The predicted molar refractivity (Wildman–Crippen MR) is 145 cm³/mol. The van der Waals surface area contributed by atoms with Crippen LogP contribution < -0.4 is 10.5 Å². The number of ether oxygens (including phenoxy) is 2. The summed E-state index contributed by atoms with van der Waals surface area (Å²) >= 11 is 6.12. The molecule has 1 aliphatic heterocycles. The summed E-state index contributed by atoms with van der Waals surface area (Å²) in [4.78, 5) is 19.2. The number of pyridine rings is 1. The van der Waals surface area contributed by atoms with Crippen LogP contribution >= 0.6 is 11.6 Å². The van der Waals surface area contributed by atoms with Crippen LogP contribution in [0.15, 0.2) is 59.5 Å². The SMILES string of the molecule is Cc1cc(-c2ccc(OC[C@@H]3CN(S(=O)(=O)c4c(C(N)=O)[nH]c5ccc(Cl)cc45)CCO3)cc2)cc(C)n1. The molecule has 0 saturated carbocycles. The number of primary amides is 1. The molecular formula is C27H27ClN4O5S. The number of hydrogen-bond acceptors (Lipinski definition) is 6. The van der Waals surface area contributed by atoms with Gasteiger partial charge >= 0.3 is 0 Å². The van der Waals surface area contributed by atoms with Crippen molar-refractivity contribution in [2.24, 2.45) is 5.73 Å². The van der Waals surface area contributed by atoms with E-state index in [1.807, 2.05) is 50.2 Å². The van der Waals surface area contributed by atoms with E-state index in [0.717, 1.165) is 22.5 Å². The molecule has 198 valence electrons. The molecular weight excluding hydrogens is 528 g/mol. The van der Waals surface area contributed by atoms with Gasteiger partial charge in [0, 0.05) is 40.4 Å². The van der Waals surface area contributed by atoms with Crippen molar-refractivity contribution in [1.29, 1.82) is 0 Å². The van der Waals surface area contributed by atoms with Gasteiger partial charge in [0.1, 0.15) is 29.0 Å². The molecule has 0 spiro atoms. The largest absolute Gasteiger partial charge is 0.491 e. The number of hydrogen-bond donors (Lipinski definition) is 2. The van der Waals surface area contributed by atoms with Gasteiger partial charge in [-0.25, -0.2) is 8.42 Å². The maximum absolute atomic E-state index is 13.7. The Balaban J connectivity index is 1.31. The number of fused-ring (bicyclic) bond motifs is 1. The fourth-order valence-electron chi connectivity index (χ4n) is 4.66. The van der Waals surface area contributed by atoms with Gasteiger partial charge in [-0.15, -0.1) is 0 Å². The van der Waals surface area contributed by atoms with Crippen LogP contribution in [0.2, 0.25) is 5.02 Å². The number of carbonyl (C=O) groups excluding carboxylic acids is 1. The number of sulfonamides is 1. The highest BCUT2D eigenvalue weighted by Crippen LogP contribution is 2.32. The summed E-state index contributed by atoms with van der Waals surface area (Å²) in [6, 6.07) is 16.4. The fraction of sp³-hybridized carbons (Fsp3) is 0.259. The van der Waals surface area contributed by atoms with E-state index in [9.17, 15) is 13.2 Å². The first-order valence-electron chi connectivity index (χ1n) is 12.0. The number of aromatic amines is 1. The van der Waals surface area contributed by atoms with E-state index in [1.165, 1.54) is 10.4 Å². The van der Waals surface area contributed by atoms with Gasteiger partial charge in [-0.05, 0) is 67.4 Å². The van der Waals surface area contributed by atoms with Crippen LogP contribution in [0.3, 0.4) is 0 Å². The highest BCUT2D eigenvalue weighted by molar-refractivity contribution is 7.89. The molecule has 5 rings (SSSR count). The van der Waals surface area contributed by atoms with Crippen LogP contribution in [0, 0.1) is 13.8 Å². The second kappa shape index (κ2) is 10.4. The molecule has 0 radical (unpaired) electrons.